The number of benzene rings is 1. The lowest BCUT2D eigenvalue weighted by molar-refractivity contribution is 0.0950. The van der Waals surface area contributed by atoms with Crippen molar-refractivity contribution in [2.24, 2.45) is 5.10 Å². The zero-order chi connectivity index (χ0) is 16.7. The number of aryl methyl sites for hydroxylation is 1. The van der Waals surface area contributed by atoms with Gasteiger partial charge in [-0.05, 0) is 48.7 Å². The van der Waals surface area contributed by atoms with Gasteiger partial charge in [-0.15, -0.1) is 0 Å². The molecule has 6 heteroatoms. The van der Waals surface area contributed by atoms with Crippen LogP contribution in [0.2, 0.25) is 0 Å². The highest BCUT2D eigenvalue weighted by molar-refractivity contribution is 5.93. The van der Waals surface area contributed by atoms with Gasteiger partial charge in [-0.1, -0.05) is 13.0 Å². The normalized spacial score (nSPS) is 10.7. The number of hydrogen-bond acceptors (Lipinski definition) is 5. The Labute approximate surface area is 134 Å². The topological polar surface area (TPSA) is 83.8 Å². The van der Waals surface area contributed by atoms with E-state index in [2.05, 4.69) is 15.5 Å². The van der Waals surface area contributed by atoms with Gasteiger partial charge >= 0.3 is 0 Å². The van der Waals surface area contributed by atoms with Crippen molar-refractivity contribution in [3.8, 4) is 11.5 Å². The number of hydrazone groups is 1. The van der Waals surface area contributed by atoms with E-state index in [0.717, 1.165) is 12.0 Å². The minimum atomic E-state index is -0.382. The molecule has 0 saturated heterocycles. The first-order valence-corrected chi connectivity index (χ1v) is 7.38. The number of aromatic hydroxyl groups is 1. The Morgan fingerprint density at radius 1 is 1.35 bits per heavy atom. The number of phenolic OH excluding ortho intramolecular Hbond substituents is 1. The average Bonchev–Trinajstić information content (AvgIpc) is 2.58. The number of pyridine rings is 1. The van der Waals surface area contributed by atoms with Gasteiger partial charge in [0.15, 0.2) is 11.5 Å². The predicted molar refractivity (Wildman–Crippen MR) is 88.0 cm³/mol. The molecule has 23 heavy (non-hydrogen) atoms. The van der Waals surface area contributed by atoms with Crippen LogP contribution in [0.5, 0.6) is 11.5 Å². The lowest BCUT2D eigenvalue weighted by Gasteiger charge is -2.06. The third-order valence-corrected chi connectivity index (χ3v) is 3.13. The zero-order valence-corrected chi connectivity index (χ0v) is 13.1. The van der Waals surface area contributed by atoms with Gasteiger partial charge in [-0.25, -0.2) is 5.43 Å². The van der Waals surface area contributed by atoms with Crippen molar-refractivity contribution >= 4 is 12.1 Å². The van der Waals surface area contributed by atoms with Gasteiger partial charge in [0.25, 0.3) is 5.91 Å². The predicted octanol–water partition coefficient (Wildman–Crippen LogP) is 2.51. The number of rotatable bonds is 6. The molecule has 0 spiro atoms. The van der Waals surface area contributed by atoms with Crippen LogP contribution in [0.4, 0.5) is 0 Å². The van der Waals surface area contributed by atoms with Crippen LogP contribution in [0.15, 0.2) is 41.6 Å². The van der Waals surface area contributed by atoms with Crippen molar-refractivity contribution in [2.45, 2.75) is 20.3 Å². The number of aromatic nitrogens is 1. The number of nitrogens with zero attached hydrogens (tertiary/aromatic N) is 2. The number of ether oxygens (including phenoxy) is 1. The number of carbonyl (C=O) groups is 1. The highest BCUT2D eigenvalue weighted by atomic mass is 16.5. The van der Waals surface area contributed by atoms with Crippen LogP contribution in [0, 0.1) is 0 Å². The van der Waals surface area contributed by atoms with Crippen LogP contribution in [0.25, 0.3) is 0 Å². The molecule has 2 rings (SSSR count). The van der Waals surface area contributed by atoms with Crippen LogP contribution in [0.3, 0.4) is 0 Å². The first kappa shape index (κ1) is 16.5. The van der Waals surface area contributed by atoms with Gasteiger partial charge < -0.3 is 9.84 Å². The lowest BCUT2D eigenvalue weighted by atomic mass is 10.2. The number of amides is 1. The quantitative estimate of drug-likeness (QED) is 0.634. The van der Waals surface area contributed by atoms with Crippen LogP contribution in [-0.4, -0.2) is 28.8 Å². The molecule has 2 aromatic rings. The van der Waals surface area contributed by atoms with E-state index in [4.69, 9.17) is 4.74 Å². The first-order valence-electron chi connectivity index (χ1n) is 7.38. The number of phenols is 1. The summed E-state index contributed by atoms with van der Waals surface area (Å²) in [6.07, 6.45) is 4.02. The Morgan fingerprint density at radius 2 is 2.17 bits per heavy atom. The highest BCUT2D eigenvalue weighted by Crippen LogP contribution is 2.26. The minimum Gasteiger partial charge on any atom is -0.504 e. The molecule has 0 saturated carbocycles. The number of hydrogen-bond donors (Lipinski definition) is 2. The molecule has 1 aromatic heterocycles. The summed E-state index contributed by atoms with van der Waals surface area (Å²) in [7, 11) is 0. The molecule has 120 valence electrons. The molecule has 1 heterocycles. The maximum absolute atomic E-state index is 11.9. The fraction of sp³-hybridized carbons (Fsp3) is 0.235. The molecule has 0 aliphatic heterocycles. The molecule has 0 bridgehead atoms. The molecule has 0 atom stereocenters. The Bertz CT molecular complexity index is 697. The summed E-state index contributed by atoms with van der Waals surface area (Å²) < 4.78 is 5.29. The van der Waals surface area contributed by atoms with Crippen molar-refractivity contribution in [3.05, 3.63) is 53.3 Å². The molecule has 6 nitrogen and oxygen atoms in total. The van der Waals surface area contributed by atoms with Crippen molar-refractivity contribution in [3.63, 3.8) is 0 Å². The van der Waals surface area contributed by atoms with E-state index < -0.39 is 0 Å². The van der Waals surface area contributed by atoms with Gasteiger partial charge in [0, 0.05) is 6.20 Å². The van der Waals surface area contributed by atoms with Crippen molar-refractivity contribution in [1.82, 2.24) is 10.4 Å². The molecule has 0 aliphatic rings. The molecule has 0 aliphatic carbocycles. The van der Waals surface area contributed by atoms with Gasteiger partial charge in [0.05, 0.1) is 12.8 Å². The van der Waals surface area contributed by atoms with E-state index in [1.54, 1.807) is 24.4 Å². The fourth-order valence-corrected chi connectivity index (χ4v) is 1.87. The summed E-state index contributed by atoms with van der Waals surface area (Å²) in [4.78, 5) is 16.0. The third kappa shape index (κ3) is 4.54. The van der Waals surface area contributed by atoms with Crippen LogP contribution < -0.4 is 10.2 Å². The molecular formula is C17H19N3O3. The van der Waals surface area contributed by atoms with Crippen molar-refractivity contribution in [2.75, 3.05) is 6.61 Å². The van der Waals surface area contributed by atoms with Gasteiger partial charge in [0.2, 0.25) is 0 Å². The second kappa shape index (κ2) is 7.93. The summed E-state index contributed by atoms with van der Waals surface area (Å²) in [5.41, 5.74) is 4.48. The highest BCUT2D eigenvalue weighted by Gasteiger charge is 2.06. The van der Waals surface area contributed by atoms with E-state index in [-0.39, 0.29) is 11.7 Å². The zero-order valence-electron chi connectivity index (χ0n) is 13.1. The molecule has 2 N–H and O–H groups in total. The molecular weight excluding hydrogens is 294 g/mol. The van der Waals surface area contributed by atoms with Crippen molar-refractivity contribution < 1.29 is 14.6 Å². The van der Waals surface area contributed by atoms with Crippen LogP contribution in [-0.2, 0) is 6.42 Å². The molecule has 1 aromatic carbocycles. The smallest absolute Gasteiger partial charge is 0.289 e. The Kier molecular flexibility index (Phi) is 5.68. The largest absolute Gasteiger partial charge is 0.504 e. The second-order valence-electron chi connectivity index (χ2n) is 4.76. The maximum atomic E-state index is 11.9. The van der Waals surface area contributed by atoms with Crippen LogP contribution >= 0.6 is 0 Å². The summed E-state index contributed by atoms with van der Waals surface area (Å²) in [6, 6.07) is 8.35. The molecule has 0 unspecified atom stereocenters. The summed E-state index contributed by atoms with van der Waals surface area (Å²) in [5.74, 6) is 0.0561. The average molecular weight is 313 g/mol. The minimum absolute atomic E-state index is 0.0632. The summed E-state index contributed by atoms with van der Waals surface area (Å²) in [5, 5.41) is 13.5. The van der Waals surface area contributed by atoms with E-state index >= 15 is 0 Å². The van der Waals surface area contributed by atoms with Gasteiger partial charge in [-0.3, -0.25) is 9.78 Å². The second-order valence-corrected chi connectivity index (χ2v) is 4.76. The van der Waals surface area contributed by atoms with E-state index in [1.807, 2.05) is 19.9 Å². The SMILES string of the molecule is CCOc1cc(C=NNC(=O)c2ccc(CC)cn2)ccc1O. The van der Waals surface area contributed by atoms with Crippen LogP contribution in [0.1, 0.15) is 35.5 Å². The van der Waals surface area contributed by atoms with E-state index in [9.17, 15) is 9.90 Å². The molecule has 0 fully saturated rings. The standard InChI is InChI=1S/C17H19N3O3/c1-3-12-5-7-14(18-10-12)17(22)20-19-11-13-6-8-15(21)16(9-13)23-4-2/h5-11,21H,3-4H2,1-2H3,(H,20,22). The first-order chi connectivity index (χ1) is 11.1. The fourth-order valence-electron chi connectivity index (χ4n) is 1.87. The number of carbonyl (C=O) groups excluding carboxylic acids is 1. The Balaban J connectivity index is 2.00. The summed E-state index contributed by atoms with van der Waals surface area (Å²) >= 11 is 0. The number of nitrogens with one attached hydrogen (secondary N) is 1. The van der Waals surface area contributed by atoms with Gasteiger partial charge in [0.1, 0.15) is 5.69 Å². The lowest BCUT2D eigenvalue weighted by Crippen LogP contribution is -2.18. The Morgan fingerprint density at radius 3 is 2.83 bits per heavy atom. The van der Waals surface area contributed by atoms with Crippen molar-refractivity contribution in [1.29, 1.82) is 0 Å². The summed E-state index contributed by atoms with van der Waals surface area (Å²) in [6.45, 7) is 4.30. The molecule has 0 radical (unpaired) electrons. The monoisotopic (exact) mass is 313 g/mol. The Hall–Kier alpha value is -2.89. The third-order valence-electron chi connectivity index (χ3n) is 3.13. The van der Waals surface area contributed by atoms with E-state index in [0.29, 0.717) is 23.6 Å². The maximum Gasteiger partial charge on any atom is 0.289 e. The van der Waals surface area contributed by atoms with E-state index in [1.165, 1.54) is 12.3 Å². The molecule has 1 amide bonds. The van der Waals surface area contributed by atoms with Gasteiger partial charge in [-0.2, -0.15) is 5.10 Å².